The number of carboxylic acid groups (broad SMARTS) is 1. The van der Waals surface area contributed by atoms with Crippen LogP contribution in [0.15, 0.2) is 41.5 Å². The molecule has 3 aliphatic carbocycles. The fourth-order valence-electron chi connectivity index (χ4n) is 8.91. The van der Waals surface area contributed by atoms with Gasteiger partial charge in [-0.2, -0.15) is 9.59 Å². The summed E-state index contributed by atoms with van der Waals surface area (Å²) in [5, 5.41) is 31.4. The molecule has 0 amide bonds. The molecule has 1 fully saturated rings. The Balaban J connectivity index is 0.000000258. The van der Waals surface area contributed by atoms with Gasteiger partial charge < -0.3 is 24.8 Å². The van der Waals surface area contributed by atoms with E-state index in [9.17, 15) is 20.1 Å². The Bertz CT molecular complexity index is 1740. The van der Waals surface area contributed by atoms with Crippen LogP contribution in [0.1, 0.15) is 192 Å². The molecule has 56 heavy (non-hydrogen) atoms. The molecule has 310 valence electrons. The number of phenols is 2. The second-order valence-corrected chi connectivity index (χ2v) is 17.3. The highest BCUT2D eigenvalue weighted by Gasteiger charge is 2.47. The van der Waals surface area contributed by atoms with Gasteiger partial charge in [0.2, 0.25) is 0 Å². The monoisotopic (exact) mass is 777 g/mol. The molecule has 8 heteroatoms. The van der Waals surface area contributed by atoms with Crippen LogP contribution in [0, 0.1) is 11.8 Å². The smallest absolute Gasteiger partial charge is 0.373 e. The van der Waals surface area contributed by atoms with E-state index < -0.39 is 5.97 Å². The first kappa shape index (κ1) is 44.7. The van der Waals surface area contributed by atoms with Crippen molar-refractivity contribution in [3.63, 3.8) is 0 Å². The number of carbonyl (C=O) groups excluding carboxylic acids is 2. The summed E-state index contributed by atoms with van der Waals surface area (Å²) in [5.74, 6) is 1.77. The number of phenolic OH excluding ortho intramolecular Hbond substituents is 1. The first-order chi connectivity index (χ1) is 27.1. The normalized spacial score (nSPS) is 22.8. The Morgan fingerprint density at radius 2 is 1.25 bits per heavy atom. The van der Waals surface area contributed by atoms with E-state index in [2.05, 4.69) is 73.6 Å². The molecule has 0 saturated heterocycles. The van der Waals surface area contributed by atoms with Gasteiger partial charge in [0.25, 0.3) is 0 Å². The Labute approximate surface area is 338 Å². The van der Waals surface area contributed by atoms with Gasteiger partial charge in [0.1, 0.15) is 39.8 Å². The maximum atomic E-state index is 11.9. The van der Waals surface area contributed by atoms with Crippen LogP contribution in [0.25, 0.3) is 0 Å². The van der Waals surface area contributed by atoms with E-state index in [4.69, 9.17) is 20.4 Å². The summed E-state index contributed by atoms with van der Waals surface area (Å²) < 4.78 is 18.4. The van der Waals surface area contributed by atoms with E-state index in [1.165, 1.54) is 62.6 Å². The highest BCUT2D eigenvalue weighted by Crippen LogP contribution is 2.55. The molecular formula is C48H70O8. The van der Waals surface area contributed by atoms with E-state index >= 15 is 0 Å². The van der Waals surface area contributed by atoms with Gasteiger partial charge in [0, 0.05) is 36.2 Å². The van der Waals surface area contributed by atoms with E-state index in [1.54, 1.807) is 0 Å². The number of aromatic hydroxyl groups is 2. The molecular weight excluding hydrogens is 705 g/mol. The minimum absolute atomic E-state index is 0.00490. The van der Waals surface area contributed by atoms with Gasteiger partial charge in [-0.3, -0.25) is 0 Å². The molecule has 8 nitrogen and oxygen atoms in total. The number of carboxylic acids is 1. The number of allylic oxidation sites excluding steroid dienone is 4. The van der Waals surface area contributed by atoms with Crippen molar-refractivity contribution in [2.75, 3.05) is 0 Å². The number of hydrogen-bond donors (Lipinski definition) is 3. The molecule has 7 rings (SSSR count). The quantitative estimate of drug-likeness (QED) is 0.169. The van der Waals surface area contributed by atoms with Crippen LogP contribution in [0.3, 0.4) is 0 Å². The molecule has 4 atom stereocenters. The highest BCUT2D eigenvalue weighted by molar-refractivity contribution is 5.94. The number of ether oxygens (including phenoxy) is 2. The minimum atomic E-state index is -1.06. The summed E-state index contributed by atoms with van der Waals surface area (Å²) in [5.41, 5.74) is 5.79. The Morgan fingerprint density at radius 3 is 1.71 bits per heavy atom. The van der Waals surface area contributed by atoms with Crippen molar-refractivity contribution in [1.82, 2.24) is 0 Å². The van der Waals surface area contributed by atoms with Gasteiger partial charge >= 0.3 is 12.1 Å². The van der Waals surface area contributed by atoms with Crippen molar-refractivity contribution in [1.29, 1.82) is 0 Å². The summed E-state index contributed by atoms with van der Waals surface area (Å²) in [6.07, 6.45) is 21.9. The van der Waals surface area contributed by atoms with Gasteiger partial charge in [-0.1, -0.05) is 89.5 Å². The molecule has 5 aliphatic rings. The molecule has 0 unspecified atom stereocenters. The topological polar surface area (TPSA) is 130 Å². The summed E-state index contributed by atoms with van der Waals surface area (Å²) >= 11 is 0. The van der Waals surface area contributed by atoms with Crippen LogP contribution in [0.4, 0.5) is 0 Å². The number of fused-ring (bicyclic) bond motifs is 6. The lowest BCUT2D eigenvalue weighted by Gasteiger charge is -2.46. The number of unbranched alkanes of at least 4 members (excludes halogenated alkanes) is 4. The van der Waals surface area contributed by atoms with Gasteiger partial charge in [-0.05, 0) is 122 Å². The zero-order valence-corrected chi connectivity index (χ0v) is 35.7. The molecule has 0 bridgehead atoms. The molecule has 3 N–H and O–H groups in total. The standard InChI is InChI=1S/C22H30O4.C21H30O2.C3H6.CO2.CH4/c1-5-6-7-8-14-12-17-19(20(23)18(14)21(24)25)15-11-13(2)9-10-16(15)22(3,4)26-17;1-5-6-7-8-15-12-18(22)20-16-11-14(2)9-10-17(16)21(3,4)23-19(20)13-15;1-2-3-1;2-1-3;/h11-12,15-16,23H,5-10H2,1-4H3,(H,24,25);11-13,16-17,22H,5-10H2,1-4H3;1-3H2;;1H4/t15-,16-;16-,17-;;;/m11.../s1/i;;;;1T. The van der Waals surface area contributed by atoms with E-state index in [0.717, 1.165) is 62.7 Å². The average Bonchev–Trinajstić information content (AvgIpc) is 4.02. The van der Waals surface area contributed by atoms with E-state index in [0.29, 0.717) is 35.0 Å². The lowest BCUT2D eigenvalue weighted by Crippen LogP contribution is -2.45. The number of aromatic carboxylic acids is 1. The van der Waals surface area contributed by atoms with Crippen molar-refractivity contribution >= 4 is 12.1 Å². The SMILES string of the molecule is C1CC1.CCCCCc1cc(O)c2c(c1)OC(C)(C)[C@@H]1CCC(C)=C[C@@H]21.CCCCCc1cc2c(c(O)c1C(=O)O)[C@@H]1C=C(C)CC[C@H]1C(C)(C)O2.O=C=O.[3H]C. The lowest BCUT2D eigenvalue weighted by atomic mass is 9.67. The van der Waals surface area contributed by atoms with Crippen LogP contribution in [0.2, 0.25) is 0 Å². The summed E-state index contributed by atoms with van der Waals surface area (Å²) in [4.78, 5) is 28.1. The molecule has 0 radical (unpaired) electrons. The summed E-state index contributed by atoms with van der Waals surface area (Å²) in [6, 6.07) is 6.00. The third-order valence-corrected chi connectivity index (χ3v) is 11.9. The second kappa shape index (κ2) is 20.4. The minimum Gasteiger partial charge on any atom is -0.507 e. The zero-order valence-electron chi connectivity index (χ0n) is 36.7. The average molecular weight is 777 g/mol. The Hall–Kier alpha value is -4.03. The highest BCUT2D eigenvalue weighted by atomic mass is 16.5. The van der Waals surface area contributed by atoms with E-state index in [-0.39, 0.29) is 46.4 Å². The molecule has 0 aromatic heterocycles. The molecule has 2 heterocycles. The van der Waals surface area contributed by atoms with Gasteiger partial charge in [-0.25, -0.2) is 4.79 Å². The van der Waals surface area contributed by atoms with Crippen molar-refractivity contribution in [2.45, 2.75) is 182 Å². The summed E-state index contributed by atoms with van der Waals surface area (Å²) in [6.45, 7) is 17.2. The van der Waals surface area contributed by atoms with Crippen molar-refractivity contribution in [3.8, 4) is 23.0 Å². The van der Waals surface area contributed by atoms with Crippen molar-refractivity contribution in [2.24, 2.45) is 11.8 Å². The predicted octanol–water partition coefficient (Wildman–Crippen LogP) is 12.4. The number of carbonyl (C=O) groups is 1. The number of hydrogen-bond acceptors (Lipinski definition) is 7. The van der Waals surface area contributed by atoms with Crippen LogP contribution in [-0.4, -0.2) is 38.6 Å². The number of rotatable bonds is 9. The van der Waals surface area contributed by atoms with Gasteiger partial charge in [0.05, 0.1) is 0 Å². The maximum Gasteiger partial charge on any atom is 0.373 e. The third kappa shape index (κ3) is 11.3. The molecule has 0 spiro atoms. The first-order valence-corrected chi connectivity index (χ1v) is 20.8. The lowest BCUT2D eigenvalue weighted by molar-refractivity contribution is -0.191. The largest absolute Gasteiger partial charge is 0.507 e. The van der Waals surface area contributed by atoms with Gasteiger partial charge in [0.15, 0.2) is 0 Å². The molecule has 2 aromatic rings. The Morgan fingerprint density at radius 1 is 0.786 bits per heavy atom. The molecule has 1 saturated carbocycles. The van der Waals surface area contributed by atoms with Gasteiger partial charge in [-0.15, -0.1) is 0 Å². The van der Waals surface area contributed by atoms with Crippen LogP contribution < -0.4 is 9.47 Å². The number of benzene rings is 2. The zero-order chi connectivity index (χ0) is 42.5. The van der Waals surface area contributed by atoms with Crippen molar-refractivity contribution in [3.05, 3.63) is 69.3 Å². The summed E-state index contributed by atoms with van der Waals surface area (Å²) in [7, 11) is 1.25. The molecule has 2 aromatic carbocycles. The predicted molar refractivity (Wildman–Crippen MR) is 223 cm³/mol. The number of aryl methyl sites for hydroxylation is 2. The fourth-order valence-corrected chi connectivity index (χ4v) is 8.91. The third-order valence-electron chi connectivity index (χ3n) is 11.9. The van der Waals surface area contributed by atoms with Crippen LogP contribution in [0.5, 0.6) is 23.0 Å². The van der Waals surface area contributed by atoms with E-state index in [1.807, 2.05) is 12.1 Å². The Kier molecular flexibility index (Phi) is 16.3. The maximum absolute atomic E-state index is 11.9. The second-order valence-electron chi connectivity index (χ2n) is 17.3. The fraction of sp³-hybridized carbons (Fsp3) is 0.625. The van der Waals surface area contributed by atoms with Crippen molar-refractivity contribution < 1.29 is 40.5 Å². The van der Waals surface area contributed by atoms with Crippen LogP contribution in [-0.2, 0) is 22.4 Å². The van der Waals surface area contributed by atoms with Crippen LogP contribution >= 0.6 is 0 Å². The molecule has 2 aliphatic heterocycles. The first-order valence-electron chi connectivity index (χ1n) is 21.8.